The molecule has 1 heterocycles. The number of hydrogen-bond acceptors (Lipinski definition) is 4. The van der Waals surface area contributed by atoms with Crippen LogP contribution in [0.1, 0.15) is 22.6 Å². The van der Waals surface area contributed by atoms with E-state index in [0.29, 0.717) is 9.79 Å². The maximum atomic E-state index is 13.4. The summed E-state index contributed by atoms with van der Waals surface area (Å²) in [7, 11) is 4.30. The van der Waals surface area contributed by atoms with E-state index in [1.54, 1.807) is 18.2 Å². The lowest BCUT2D eigenvalue weighted by atomic mass is 9.84. The lowest BCUT2D eigenvalue weighted by Gasteiger charge is -2.30. The van der Waals surface area contributed by atoms with Gasteiger partial charge in [-0.1, -0.05) is 36.4 Å². The Labute approximate surface area is 167 Å². The Morgan fingerprint density at radius 3 is 1.89 bits per heavy atom. The van der Waals surface area contributed by atoms with E-state index in [1.165, 1.54) is 0 Å². The third kappa shape index (κ3) is 2.87. The van der Waals surface area contributed by atoms with E-state index in [-0.39, 0.29) is 5.92 Å². The van der Waals surface area contributed by atoms with Crippen LogP contribution in [0.2, 0.25) is 0 Å². The highest BCUT2D eigenvalue weighted by Gasteiger charge is 2.36. The normalized spacial score (nSPS) is 16.8. The SMILES string of the molecule is CN(C)c1ccc(C2c3ccccc3S(=O)(=O)c3cc(N(C)C)ccc32)cc1. The Balaban J connectivity index is 1.98. The lowest BCUT2D eigenvalue weighted by molar-refractivity contribution is 0.589. The average molecular weight is 393 g/mol. The average Bonchev–Trinajstić information content (AvgIpc) is 2.68. The van der Waals surface area contributed by atoms with E-state index in [1.807, 2.05) is 57.4 Å². The van der Waals surface area contributed by atoms with Crippen molar-refractivity contribution in [2.24, 2.45) is 0 Å². The summed E-state index contributed by atoms with van der Waals surface area (Å²) in [5, 5.41) is 0. The smallest absolute Gasteiger partial charge is 0.207 e. The molecule has 0 N–H and O–H groups in total. The van der Waals surface area contributed by atoms with Crippen molar-refractivity contribution < 1.29 is 8.42 Å². The van der Waals surface area contributed by atoms with Crippen LogP contribution in [0.4, 0.5) is 11.4 Å². The molecule has 0 aromatic heterocycles. The zero-order chi connectivity index (χ0) is 20.1. The summed E-state index contributed by atoms with van der Waals surface area (Å²) in [6.07, 6.45) is 0. The molecule has 0 amide bonds. The van der Waals surface area contributed by atoms with E-state index in [4.69, 9.17) is 0 Å². The number of hydrogen-bond donors (Lipinski definition) is 0. The molecule has 1 unspecified atom stereocenters. The fraction of sp³-hybridized carbons (Fsp3) is 0.217. The molecule has 0 radical (unpaired) electrons. The van der Waals surface area contributed by atoms with Gasteiger partial charge in [0.15, 0.2) is 0 Å². The van der Waals surface area contributed by atoms with E-state index in [9.17, 15) is 8.42 Å². The first-order chi connectivity index (χ1) is 13.3. The first kappa shape index (κ1) is 18.6. The topological polar surface area (TPSA) is 40.6 Å². The van der Waals surface area contributed by atoms with Crippen molar-refractivity contribution in [3.8, 4) is 0 Å². The first-order valence-electron chi connectivity index (χ1n) is 9.23. The van der Waals surface area contributed by atoms with Gasteiger partial charge in [0.1, 0.15) is 0 Å². The van der Waals surface area contributed by atoms with Crippen molar-refractivity contribution in [3.63, 3.8) is 0 Å². The first-order valence-corrected chi connectivity index (χ1v) is 10.7. The van der Waals surface area contributed by atoms with Gasteiger partial charge in [-0.05, 0) is 47.0 Å². The Morgan fingerprint density at radius 2 is 1.25 bits per heavy atom. The fourth-order valence-corrected chi connectivity index (χ4v) is 5.61. The lowest BCUT2D eigenvalue weighted by Crippen LogP contribution is -2.21. The number of sulfone groups is 1. The van der Waals surface area contributed by atoms with Gasteiger partial charge in [0.2, 0.25) is 9.84 Å². The molecule has 1 aliphatic rings. The van der Waals surface area contributed by atoms with Gasteiger partial charge < -0.3 is 9.80 Å². The van der Waals surface area contributed by atoms with E-state index >= 15 is 0 Å². The highest BCUT2D eigenvalue weighted by atomic mass is 32.2. The summed E-state index contributed by atoms with van der Waals surface area (Å²) in [6, 6.07) is 21.4. The number of nitrogens with zero attached hydrogens (tertiary/aromatic N) is 2. The summed E-state index contributed by atoms with van der Waals surface area (Å²) < 4.78 is 26.7. The zero-order valence-corrected chi connectivity index (χ0v) is 17.4. The Kier molecular flexibility index (Phi) is 4.42. The Bertz CT molecular complexity index is 1130. The van der Waals surface area contributed by atoms with Crippen molar-refractivity contribution in [3.05, 3.63) is 83.4 Å². The van der Waals surface area contributed by atoms with Gasteiger partial charge in [0.25, 0.3) is 0 Å². The second-order valence-corrected chi connectivity index (χ2v) is 9.46. The molecular weight excluding hydrogens is 368 g/mol. The van der Waals surface area contributed by atoms with Crippen molar-refractivity contribution in [1.82, 2.24) is 0 Å². The second kappa shape index (κ2) is 6.67. The molecule has 5 heteroatoms. The molecule has 4 rings (SSSR count). The van der Waals surface area contributed by atoms with E-state index in [0.717, 1.165) is 28.1 Å². The van der Waals surface area contributed by atoms with Crippen LogP contribution in [-0.2, 0) is 9.84 Å². The summed E-state index contributed by atoms with van der Waals surface area (Å²) >= 11 is 0. The molecule has 144 valence electrons. The quantitative estimate of drug-likeness (QED) is 0.525. The highest BCUT2D eigenvalue weighted by Crippen LogP contribution is 2.46. The number of benzene rings is 3. The minimum atomic E-state index is -3.55. The van der Waals surface area contributed by atoms with Crippen LogP contribution < -0.4 is 9.80 Å². The molecule has 0 spiro atoms. The summed E-state index contributed by atoms with van der Waals surface area (Å²) in [5.74, 6) is -0.109. The standard InChI is InChI=1S/C23H24N2O2S/c1-24(2)17-11-9-16(10-12-17)23-19-7-5-6-8-21(19)28(26,27)22-15-18(25(3)4)13-14-20(22)23/h5-15,23H,1-4H3. The van der Waals surface area contributed by atoms with Gasteiger partial charge in [-0.3, -0.25) is 0 Å². The van der Waals surface area contributed by atoms with Gasteiger partial charge >= 0.3 is 0 Å². The monoisotopic (exact) mass is 392 g/mol. The van der Waals surface area contributed by atoms with Gasteiger partial charge in [-0.15, -0.1) is 0 Å². The molecule has 3 aromatic carbocycles. The third-order valence-electron chi connectivity index (χ3n) is 5.38. The predicted octanol–water partition coefficient (Wildman–Crippen LogP) is 4.15. The molecule has 0 saturated heterocycles. The number of rotatable bonds is 3. The van der Waals surface area contributed by atoms with Gasteiger partial charge in [0, 0.05) is 45.5 Å². The highest BCUT2D eigenvalue weighted by molar-refractivity contribution is 7.91. The molecule has 1 aliphatic heterocycles. The van der Waals surface area contributed by atoms with Crippen LogP contribution >= 0.6 is 0 Å². The largest absolute Gasteiger partial charge is 0.378 e. The molecule has 1 atom stereocenters. The van der Waals surface area contributed by atoms with Crippen molar-refractivity contribution in [1.29, 1.82) is 0 Å². The van der Waals surface area contributed by atoms with Gasteiger partial charge in [0.05, 0.1) is 9.79 Å². The summed E-state index contributed by atoms with van der Waals surface area (Å²) in [4.78, 5) is 4.79. The molecular formula is C23H24N2O2S. The van der Waals surface area contributed by atoms with Crippen LogP contribution in [0.15, 0.2) is 76.5 Å². The van der Waals surface area contributed by atoms with E-state index in [2.05, 4.69) is 29.2 Å². The predicted molar refractivity (Wildman–Crippen MR) is 114 cm³/mol. The Hall–Kier alpha value is -2.79. The fourth-order valence-electron chi connectivity index (χ4n) is 3.85. The maximum Gasteiger partial charge on any atom is 0.207 e. The molecule has 3 aromatic rings. The number of fused-ring (bicyclic) bond motifs is 2. The van der Waals surface area contributed by atoms with Crippen LogP contribution in [0.25, 0.3) is 0 Å². The van der Waals surface area contributed by atoms with Crippen LogP contribution in [0.5, 0.6) is 0 Å². The zero-order valence-electron chi connectivity index (χ0n) is 16.5. The van der Waals surface area contributed by atoms with Gasteiger partial charge in [-0.2, -0.15) is 0 Å². The number of anilines is 2. The minimum Gasteiger partial charge on any atom is -0.378 e. The van der Waals surface area contributed by atoms with E-state index < -0.39 is 9.84 Å². The molecule has 0 bridgehead atoms. The van der Waals surface area contributed by atoms with Crippen molar-refractivity contribution >= 4 is 21.2 Å². The summed E-state index contributed by atoms with van der Waals surface area (Å²) in [5.41, 5.74) is 4.76. The van der Waals surface area contributed by atoms with Crippen LogP contribution in [0, 0.1) is 0 Å². The molecule has 0 fully saturated rings. The third-order valence-corrected chi connectivity index (χ3v) is 7.26. The van der Waals surface area contributed by atoms with Crippen molar-refractivity contribution in [2.75, 3.05) is 38.0 Å². The second-order valence-electron chi connectivity index (χ2n) is 7.58. The summed E-state index contributed by atoms with van der Waals surface area (Å²) in [6.45, 7) is 0. The van der Waals surface area contributed by atoms with Gasteiger partial charge in [-0.25, -0.2) is 8.42 Å². The molecule has 28 heavy (non-hydrogen) atoms. The van der Waals surface area contributed by atoms with Crippen molar-refractivity contribution in [2.45, 2.75) is 15.7 Å². The maximum absolute atomic E-state index is 13.4. The molecule has 4 nitrogen and oxygen atoms in total. The molecule has 0 aliphatic carbocycles. The Morgan fingerprint density at radius 1 is 0.679 bits per heavy atom. The minimum absolute atomic E-state index is 0.109. The van der Waals surface area contributed by atoms with Crippen LogP contribution in [-0.4, -0.2) is 36.6 Å². The van der Waals surface area contributed by atoms with Crippen LogP contribution in [0.3, 0.4) is 0 Å². The molecule has 0 saturated carbocycles.